The van der Waals surface area contributed by atoms with Gasteiger partial charge in [-0.05, 0) is 48.2 Å². The Morgan fingerprint density at radius 2 is 1.88 bits per heavy atom. The lowest BCUT2D eigenvalue weighted by atomic mass is 9.92. The van der Waals surface area contributed by atoms with Crippen LogP contribution in [-0.4, -0.2) is 15.7 Å². The first-order valence-corrected chi connectivity index (χ1v) is 10.6. The van der Waals surface area contributed by atoms with Gasteiger partial charge in [-0.2, -0.15) is 5.10 Å². The van der Waals surface area contributed by atoms with Crippen LogP contribution in [0.5, 0.6) is 5.75 Å². The number of aryl methyl sites for hydroxylation is 1. The maximum atomic E-state index is 13.5. The molecule has 5 nitrogen and oxygen atoms in total. The van der Waals surface area contributed by atoms with Crippen molar-refractivity contribution >= 4 is 23.3 Å². The molecule has 0 aliphatic heterocycles. The minimum Gasteiger partial charge on any atom is -0.489 e. The van der Waals surface area contributed by atoms with Gasteiger partial charge in [0, 0.05) is 28.8 Å². The van der Waals surface area contributed by atoms with Gasteiger partial charge in [0.2, 0.25) is 5.91 Å². The highest BCUT2D eigenvalue weighted by Gasteiger charge is 2.17. The molecule has 0 unspecified atom stereocenters. The molecule has 0 spiro atoms. The number of nitrogens with zero attached hydrogens (tertiary/aromatic N) is 2. The second-order valence-corrected chi connectivity index (χ2v) is 9.34. The highest BCUT2D eigenvalue weighted by molar-refractivity contribution is 6.30. The van der Waals surface area contributed by atoms with Gasteiger partial charge in [-0.3, -0.25) is 9.48 Å². The first kappa shape index (κ1) is 23.7. The van der Waals surface area contributed by atoms with Gasteiger partial charge < -0.3 is 10.1 Å². The van der Waals surface area contributed by atoms with Gasteiger partial charge in [0.15, 0.2) is 17.5 Å². The van der Waals surface area contributed by atoms with E-state index in [1.807, 2.05) is 27.7 Å². The number of rotatable bonds is 7. The summed E-state index contributed by atoms with van der Waals surface area (Å²) < 4.78 is 34.2. The van der Waals surface area contributed by atoms with Crippen LogP contribution in [0, 0.1) is 24.0 Å². The Bertz CT molecular complexity index is 1120. The third-order valence-corrected chi connectivity index (χ3v) is 4.90. The number of carbonyl (C=O) groups is 1. The van der Waals surface area contributed by atoms with Gasteiger partial charge in [0.05, 0.1) is 6.54 Å². The molecule has 0 saturated heterocycles. The average Bonchev–Trinajstić information content (AvgIpc) is 3.01. The molecule has 3 rings (SSSR count). The molecule has 0 fully saturated rings. The summed E-state index contributed by atoms with van der Waals surface area (Å²) in [4.78, 5) is 12.2. The van der Waals surface area contributed by atoms with Crippen LogP contribution in [0.1, 0.15) is 44.0 Å². The monoisotopic (exact) mass is 461 g/mol. The third-order valence-electron chi connectivity index (χ3n) is 4.66. The number of hydrogen-bond acceptors (Lipinski definition) is 3. The Morgan fingerprint density at radius 3 is 2.56 bits per heavy atom. The number of anilines is 1. The molecule has 32 heavy (non-hydrogen) atoms. The number of amides is 1. The summed E-state index contributed by atoms with van der Waals surface area (Å²) in [5, 5.41) is 7.85. The van der Waals surface area contributed by atoms with Gasteiger partial charge in [-0.25, -0.2) is 8.78 Å². The van der Waals surface area contributed by atoms with Gasteiger partial charge in [-0.1, -0.05) is 38.4 Å². The molecule has 8 heteroatoms. The zero-order valence-corrected chi connectivity index (χ0v) is 19.3. The van der Waals surface area contributed by atoms with E-state index in [1.165, 1.54) is 6.07 Å². The normalized spacial score (nSPS) is 11.5. The Hall–Kier alpha value is -2.93. The Kier molecular flexibility index (Phi) is 7.19. The van der Waals surface area contributed by atoms with Crippen molar-refractivity contribution in [2.24, 2.45) is 5.41 Å². The van der Waals surface area contributed by atoms with Crippen LogP contribution < -0.4 is 10.1 Å². The molecule has 0 saturated carbocycles. The van der Waals surface area contributed by atoms with E-state index in [0.717, 1.165) is 23.4 Å². The fourth-order valence-electron chi connectivity index (χ4n) is 3.16. The van der Waals surface area contributed by atoms with Gasteiger partial charge in [-0.15, -0.1) is 0 Å². The van der Waals surface area contributed by atoms with Crippen LogP contribution in [0.2, 0.25) is 5.02 Å². The maximum absolute atomic E-state index is 13.5. The van der Waals surface area contributed by atoms with Crippen molar-refractivity contribution < 1.29 is 18.3 Å². The smallest absolute Gasteiger partial charge is 0.226 e. The largest absolute Gasteiger partial charge is 0.489 e. The summed E-state index contributed by atoms with van der Waals surface area (Å²) >= 11 is 6.18. The van der Waals surface area contributed by atoms with Crippen molar-refractivity contribution in [3.63, 3.8) is 0 Å². The second-order valence-electron chi connectivity index (χ2n) is 8.90. The van der Waals surface area contributed by atoms with Crippen LogP contribution in [-0.2, 0) is 17.9 Å². The number of halogens is 3. The minimum atomic E-state index is -0.921. The maximum Gasteiger partial charge on any atom is 0.226 e. The van der Waals surface area contributed by atoms with E-state index in [0.29, 0.717) is 35.1 Å². The molecule has 0 bridgehead atoms. The molecule has 1 amide bonds. The zero-order chi connectivity index (χ0) is 23.5. The molecular weight excluding hydrogens is 436 g/mol. The average molecular weight is 462 g/mol. The summed E-state index contributed by atoms with van der Waals surface area (Å²) in [6.07, 6.45) is 0.384. The molecule has 170 valence electrons. The van der Waals surface area contributed by atoms with E-state index in [1.54, 1.807) is 28.9 Å². The lowest BCUT2D eigenvalue weighted by Gasteiger charge is -2.16. The van der Waals surface area contributed by atoms with E-state index in [4.69, 9.17) is 16.3 Å². The Morgan fingerprint density at radius 1 is 1.12 bits per heavy atom. The third kappa shape index (κ3) is 6.53. The molecule has 3 aromatic rings. The molecule has 0 aliphatic carbocycles. The van der Waals surface area contributed by atoms with Crippen LogP contribution in [0.3, 0.4) is 0 Å². The number of aromatic nitrogens is 2. The van der Waals surface area contributed by atoms with Crippen molar-refractivity contribution in [3.8, 4) is 5.75 Å². The topological polar surface area (TPSA) is 56.2 Å². The van der Waals surface area contributed by atoms with Gasteiger partial charge in [0.1, 0.15) is 12.4 Å². The summed E-state index contributed by atoms with van der Waals surface area (Å²) in [6, 6.07) is 10.6. The predicted molar refractivity (Wildman–Crippen MR) is 121 cm³/mol. The molecule has 0 atom stereocenters. The molecule has 0 radical (unpaired) electrons. The lowest BCUT2D eigenvalue weighted by Crippen LogP contribution is -2.20. The number of benzene rings is 2. The predicted octanol–water partition coefficient (Wildman–Crippen LogP) is 6.13. The Balaban J connectivity index is 1.74. The van der Waals surface area contributed by atoms with Gasteiger partial charge in [0.25, 0.3) is 0 Å². The molecule has 1 N–H and O–H groups in total. The van der Waals surface area contributed by atoms with Crippen LogP contribution in [0.4, 0.5) is 14.6 Å². The van der Waals surface area contributed by atoms with E-state index in [2.05, 4.69) is 10.4 Å². The van der Waals surface area contributed by atoms with Crippen LogP contribution in [0.15, 0.2) is 42.5 Å². The zero-order valence-electron chi connectivity index (χ0n) is 18.5. The van der Waals surface area contributed by atoms with Crippen LogP contribution in [0.25, 0.3) is 0 Å². The first-order valence-electron chi connectivity index (χ1n) is 10.2. The molecular formula is C24H26ClF2N3O2. The molecule has 2 aromatic carbocycles. The van der Waals surface area contributed by atoms with E-state index in [9.17, 15) is 13.6 Å². The highest BCUT2D eigenvalue weighted by atomic mass is 35.5. The van der Waals surface area contributed by atoms with Crippen molar-refractivity contribution in [2.75, 3.05) is 5.32 Å². The fraction of sp³-hybridized carbons (Fsp3) is 0.333. The van der Waals surface area contributed by atoms with Crippen molar-refractivity contribution in [2.45, 2.75) is 47.3 Å². The molecule has 1 aromatic heterocycles. The van der Waals surface area contributed by atoms with E-state index in [-0.39, 0.29) is 17.9 Å². The van der Waals surface area contributed by atoms with E-state index >= 15 is 0 Å². The first-order chi connectivity index (χ1) is 15.0. The quantitative estimate of drug-likeness (QED) is 0.460. The number of carbonyl (C=O) groups excluding carboxylic acids is 1. The summed E-state index contributed by atoms with van der Waals surface area (Å²) in [5.74, 6) is -0.896. The SMILES string of the molecule is Cc1cc(NC(=O)CC(C)(C)C)nn1Cc1cc(Cl)ccc1OCc1ccc(F)c(F)c1. The fourth-order valence-corrected chi connectivity index (χ4v) is 3.36. The van der Waals surface area contributed by atoms with Crippen molar-refractivity contribution in [3.05, 3.63) is 75.9 Å². The summed E-state index contributed by atoms with van der Waals surface area (Å²) in [5.41, 5.74) is 1.99. The second kappa shape index (κ2) is 9.69. The van der Waals surface area contributed by atoms with Crippen molar-refractivity contribution in [1.82, 2.24) is 9.78 Å². The van der Waals surface area contributed by atoms with Crippen LogP contribution >= 0.6 is 11.6 Å². The van der Waals surface area contributed by atoms with E-state index < -0.39 is 11.6 Å². The standard InChI is InChI=1S/C24H26ClF2N3O2/c1-15-9-22(28-23(31)12-24(2,3)4)29-30(15)13-17-11-18(25)6-8-21(17)32-14-16-5-7-19(26)20(27)10-16/h5-11H,12-14H2,1-4H3,(H,28,29,31). The number of ether oxygens (including phenoxy) is 1. The van der Waals surface area contributed by atoms with Crippen molar-refractivity contribution in [1.29, 1.82) is 0 Å². The van der Waals surface area contributed by atoms with Gasteiger partial charge >= 0.3 is 0 Å². The number of hydrogen-bond donors (Lipinski definition) is 1. The lowest BCUT2D eigenvalue weighted by molar-refractivity contribution is -0.117. The molecule has 0 aliphatic rings. The number of nitrogens with one attached hydrogen (secondary N) is 1. The molecule has 1 heterocycles. The summed E-state index contributed by atoms with van der Waals surface area (Å²) in [6.45, 7) is 8.30. The summed E-state index contributed by atoms with van der Waals surface area (Å²) in [7, 11) is 0. The Labute approximate surface area is 191 Å². The highest BCUT2D eigenvalue weighted by Crippen LogP contribution is 2.26. The minimum absolute atomic E-state index is 0.0675.